The molecule has 2 rings (SSSR count). The molecular formula is C12H15N3O2. The molecule has 0 spiro atoms. The Hall–Kier alpha value is -1.88. The standard InChI is InChI=1S/C12H15N3O2/c1-15-11(5-6-13)14-10-7-8(17-2)3-4-9(10)12(15)16/h3-4,7H,5-6,13H2,1-2H3. The van der Waals surface area contributed by atoms with Crippen LogP contribution < -0.4 is 16.0 Å². The quantitative estimate of drug-likeness (QED) is 0.835. The van der Waals surface area contributed by atoms with Crippen LogP contribution in [0, 0.1) is 0 Å². The minimum absolute atomic E-state index is 0.0545. The molecule has 0 aliphatic heterocycles. The Kier molecular flexibility index (Phi) is 3.10. The monoisotopic (exact) mass is 233 g/mol. The fraction of sp³-hybridized carbons (Fsp3) is 0.333. The van der Waals surface area contributed by atoms with Gasteiger partial charge < -0.3 is 10.5 Å². The second-order valence-electron chi connectivity index (χ2n) is 3.81. The van der Waals surface area contributed by atoms with Crippen molar-refractivity contribution in [2.24, 2.45) is 12.8 Å². The van der Waals surface area contributed by atoms with Crippen LogP contribution in [0.3, 0.4) is 0 Å². The van der Waals surface area contributed by atoms with Gasteiger partial charge in [-0.25, -0.2) is 4.98 Å². The number of aromatic nitrogens is 2. The molecule has 1 aromatic heterocycles. The van der Waals surface area contributed by atoms with Crippen LogP contribution in [0.4, 0.5) is 0 Å². The van der Waals surface area contributed by atoms with Crippen LogP contribution in [0.15, 0.2) is 23.0 Å². The van der Waals surface area contributed by atoms with Gasteiger partial charge in [-0.1, -0.05) is 0 Å². The summed E-state index contributed by atoms with van der Waals surface area (Å²) >= 11 is 0. The highest BCUT2D eigenvalue weighted by atomic mass is 16.5. The van der Waals surface area contributed by atoms with Gasteiger partial charge in [0.05, 0.1) is 18.0 Å². The van der Waals surface area contributed by atoms with E-state index in [0.29, 0.717) is 35.4 Å². The normalized spacial score (nSPS) is 10.8. The maximum absolute atomic E-state index is 12.1. The van der Waals surface area contributed by atoms with E-state index in [9.17, 15) is 4.79 Å². The van der Waals surface area contributed by atoms with Crippen molar-refractivity contribution in [2.75, 3.05) is 13.7 Å². The second-order valence-corrected chi connectivity index (χ2v) is 3.81. The molecule has 0 radical (unpaired) electrons. The van der Waals surface area contributed by atoms with Crippen LogP contribution in [0.2, 0.25) is 0 Å². The highest BCUT2D eigenvalue weighted by Gasteiger charge is 2.08. The fourth-order valence-corrected chi connectivity index (χ4v) is 1.78. The number of nitrogens with two attached hydrogens (primary N) is 1. The number of fused-ring (bicyclic) bond motifs is 1. The average molecular weight is 233 g/mol. The van der Waals surface area contributed by atoms with Crippen molar-refractivity contribution in [3.63, 3.8) is 0 Å². The summed E-state index contributed by atoms with van der Waals surface area (Å²) in [5, 5.41) is 0.592. The van der Waals surface area contributed by atoms with Crippen molar-refractivity contribution in [3.05, 3.63) is 34.4 Å². The molecule has 5 nitrogen and oxygen atoms in total. The molecule has 0 amide bonds. The van der Waals surface area contributed by atoms with E-state index in [2.05, 4.69) is 4.98 Å². The van der Waals surface area contributed by atoms with Crippen LogP contribution in [0.25, 0.3) is 10.9 Å². The van der Waals surface area contributed by atoms with Crippen LogP contribution in [0.1, 0.15) is 5.82 Å². The lowest BCUT2D eigenvalue weighted by Crippen LogP contribution is -2.24. The van der Waals surface area contributed by atoms with Crippen molar-refractivity contribution in [3.8, 4) is 5.75 Å². The van der Waals surface area contributed by atoms with Crippen LogP contribution >= 0.6 is 0 Å². The lowest BCUT2D eigenvalue weighted by atomic mass is 10.2. The summed E-state index contributed by atoms with van der Waals surface area (Å²) in [4.78, 5) is 16.5. The third-order valence-corrected chi connectivity index (χ3v) is 2.74. The SMILES string of the molecule is COc1ccc2c(=O)n(C)c(CCN)nc2c1. The van der Waals surface area contributed by atoms with Crippen molar-refractivity contribution >= 4 is 10.9 Å². The van der Waals surface area contributed by atoms with Gasteiger partial charge in [0, 0.05) is 19.5 Å². The number of hydrogen-bond donors (Lipinski definition) is 1. The Balaban J connectivity index is 2.72. The molecule has 0 unspecified atom stereocenters. The second kappa shape index (κ2) is 4.55. The molecule has 0 bridgehead atoms. The summed E-state index contributed by atoms with van der Waals surface area (Å²) in [5.74, 6) is 1.38. The summed E-state index contributed by atoms with van der Waals surface area (Å²) < 4.78 is 6.66. The Morgan fingerprint density at radius 1 is 1.47 bits per heavy atom. The van der Waals surface area contributed by atoms with Crippen molar-refractivity contribution in [1.29, 1.82) is 0 Å². The van der Waals surface area contributed by atoms with E-state index in [0.717, 1.165) is 0 Å². The molecule has 2 aromatic rings. The Morgan fingerprint density at radius 2 is 2.24 bits per heavy atom. The third kappa shape index (κ3) is 2.01. The molecule has 17 heavy (non-hydrogen) atoms. The van der Waals surface area contributed by atoms with Gasteiger partial charge in [-0.05, 0) is 18.7 Å². The van der Waals surface area contributed by atoms with Crippen molar-refractivity contribution in [2.45, 2.75) is 6.42 Å². The molecule has 0 saturated heterocycles. The highest BCUT2D eigenvalue weighted by molar-refractivity contribution is 5.79. The lowest BCUT2D eigenvalue weighted by molar-refractivity contribution is 0.415. The smallest absolute Gasteiger partial charge is 0.261 e. The van der Waals surface area contributed by atoms with Crippen LogP contribution in [0.5, 0.6) is 5.75 Å². The summed E-state index contributed by atoms with van der Waals surface area (Å²) in [6.07, 6.45) is 0.582. The molecule has 5 heteroatoms. The minimum atomic E-state index is -0.0545. The topological polar surface area (TPSA) is 70.1 Å². The summed E-state index contributed by atoms with van der Waals surface area (Å²) in [6.45, 7) is 0.468. The van der Waals surface area contributed by atoms with Crippen molar-refractivity contribution < 1.29 is 4.74 Å². The van der Waals surface area contributed by atoms with E-state index in [4.69, 9.17) is 10.5 Å². The predicted octanol–water partition coefficient (Wildman–Crippen LogP) is 0.443. The van der Waals surface area contributed by atoms with E-state index < -0.39 is 0 Å². The van der Waals surface area contributed by atoms with E-state index in [1.165, 1.54) is 0 Å². The van der Waals surface area contributed by atoms with Gasteiger partial charge in [-0.3, -0.25) is 9.36 Å². The van der Waals surface area contributed by atoms with Gasteiger partial charge in [0.15, 0.2) is 0 Å². The Bertz CT molecular complexity index is 604. The first-order valence-electron chi connectivity index (χ1n) is 5.41. The molecule has 0 saturated carbocycles. The van der Waals surface area contributed by atoms with E-state index in [1.54, 1.807) is 36.9 Å². The zero-order valence-corrected chi connectivity index (χ0v) is 9.93. The summed E-state index contributed by atoms with van der Waals surface area (Å²) in [6, 6.07) is 5.25. The average Bonchev–Trinajstić information content (AvgIpc) is 2.35. The first-order chi connectivity index (χ1) is 8.17. The summed E-state index contributed by atoms with van der Waals surface area (Å²) in [7, 11) is 3.30. The van der Waals surface area contributed by atoms with Gasteiger partial charge in [-0.15, -0.1) is 0 Å². The zero-order chi connectivity index (χ0) is 12.4. The van der Waals surface area contributed by atoms with Gasteiger partial charge >= 0.3 is 0 Å². The molecule has 2 N–H and O–H groups in total. The van der Waals surface area contributed by atoms with Crippen LogP contribution in [-0.2, 0) is 13.5 Å². The Morgan fingerprint density at radius 3 is 2.88 bits per heavy atom. The van der Waals surface area contributed by atoms with E-state index >= 15 is 0 Å². The maximum Gasteiger partial charge on any atom is 0.261 e. The molecule has 0 fully saturated rings. The molecular weight excluding hydrogens is 218 g/mol. The predicted molar refractivity (Wildman–Crippen MR) is 66.3 cm³/mol. The molecule has 1 heterocycles. The summed E-state index contributed by atoms with van der Waals surface area (Å²) in [5.41, 5.74) is 6.09. The molecule has 0 aliphatic carbocycles. The zero-order valence-electron chi connectivity index (χ0n) is 9.93. The molecule has 1 aromatic carbocycles. The Labute approximate surface area is 98.8 Å². The van der Waals surface area contributed by atoms with Crippen LogP contribution in [-0.4, -0.2) is 23.2 Å². The van der Waals surface area contributed by atoms with Gasteiger partial charge in [-0.2, -0.15) is 0 Å². The number of methoxy groups -OCH3 is 1. The van der Waals surface area contributed by atoms with E-state index in [-0.39, 0.29) is 5.56 Å². The van der Waals surface area contributed by atoms with E-state index in [1.807, 2.05) is 0 Å². The third-order valence-electron chi connectivity index (χ3n) is 2.74. The number of nitrogens with zero attached hydrogens (tertiary/aromatic N) is 2. The first-order valence-corrected chi connectivity index (χ1v) is 5.41. The largest absolute Gasteiger partial charge is 0.497 e. The van der Waals surface area contributed by atoms with Gasteiger partial charge in [0.2, 0.25) is 0 Å². The number of hydrogen-bond acceptors (Lipinski definition) is 4. The number of ether oxygens (including phenoxy) is 1. The fourth-order valence-electron chi connectivity index (χ4n) is 1.78. The van der Waals surface area contributed by atoms with Gasteiger partial charge in [0.25, 0.3) is 5.56 Å². The number of rotatable bonds is 3. The maximum atomic E-state index is 12.1. The van der Waals surface area contributed by atoms with Crippen molar-refractivity contribution in [1.82, 2.24) is 9.55 Å². The number of benzene rings is 1. The molecule has 0 aliphatic rings. The lowest BCUT2D eigenvalue weighted by Gasteiger charge is -2.08. The molecule has 0 atom stereocenters. The molecule has 90 valence electrons. The highest BCUT2D eigenvalue weighted by Crippen LogP contribution is 2.16. The van der Waals surface area contributed by atoms with Gasteiger partial charge in [0.1, 0.15) is 11.6 Å². The minimum Gasteiger partial charge on any atom is -0.497 e. The first kappa shape index (κ1) is 11.6.